The molecule has 446 valence electrons. The minimum absolute atomic E-state index is 0.113. The summed E-state index contributed by atoms with van der Waals surface area (Å²) in [4.78, 5) is 96.4. The lowest BCUT2D eigenvalue weighted by atomic mass is 10.0. The molecule has 2 fully saturated rings. The Morgan fingerprint density at radius 3 is 0.692 bits per heavy atom. The molecule has 0 radical (unpaired) electrons. The van der Waals surface area contributed by atoms with Crippen LogP contribution in [0.15, 0.2) is 18.2 Å². The third-order valence-corrected chi connectivity index (χ3v) is 11.7. The van der Waals surface area contributed by atoms with E-state index < -0.39 is 76.8 Å². The number of ether oxygens (including phenoxy) is 6. The largest absolute Gasteiger partial charge is 0.444 e. The molecule has 0 spiro atoms. The van der Waals surface area contributed by atoms with E-state index in [2.05, 4.69) is 28.0 Å². The summed E-state index contributed by atoms with van der Waals surface area (Å²) in [6.07, 6.45) is -2.49. The number of carbonyl (C=O) groups is 6. The van der Waals surface area contributed by atoms with Crippen molar-refractivity contribution in [1.29, 1.82) is 0 Å². The van der Waals surface area contributed by atoms with Crippen molar-refractivity contribution < 1.29 is 61.6 Å². The Bertz CT molecular complexity index is 1890. The van der Waals surface area contributed by atoms with E-state index in [1.165, 1.54) is 9.80 Å². The third kappa shape index (κ3) is 27.0. The maximum Gasteiger partial charge on any atom is 0.410 e. The van der Waals surface area contributed by atoms with Gasteiger partial charge >= 0.3 is 36.6 Å². The number of nitrogens with zero attached hydrogens (tertiary/aromatic N) is 8. The van der Waals surface area contributed by atoms with Gasteiger partial charge in [0.15, 0.2) is 0 Å². The summed E-state index contributed by atoms with van der Waals surface area (Å²) in [6.45, 7) is 35.9. The SMILES string of the molecule is CC(C)(C)OC(=O)N1CCN(Cc2cc(CCCF)cc(CN3CCN(C(=O)OC(C)(C)C)CCN(C(=O)OC(C)(C)C)CCN(C(=O)OC(C)(C)C)CC3)c2)CCN(C(=O)OC(C)(C)C)CCN(C(=O)OC(C)(C)C)CC1. The second-order valence-electron chi connectivity index (χ2n) is 26.3. The second kappa shape index (κ2) is 28.7. The minimum atomic E-state index is -0.788. The second-order valence-corrected chi connectivity index (χ2v) is 26.3. The van der Waals surface area contributed by atoms with Gasteiger partial charge in [0.05, 0.1) is 6.67 Å². The van der Waals surface area contributed by atoms with E-state index >= 15 is 0 Å². The zero-order chi connectivity index (χ0) is 59.0. The highest BCUT2D eigenvalue weighted by Gasteiger charge is 2.33. The Hall–Kier alpha value is -5.31. The van der Waals surface area contributed by atoms with Crippen LogP contribution in [-0.2, 0) is 47.9 Å². The van der Waals surface area contributed by atoms with Gasteiger partial charge in [0.1, 0.15) is 33.6 Å². The summed E-state index contributed by atoms with van der Waals surface area (Å²) in [6, 6.07) is 6.22. The summed E-state index contributed by atoms with van der Waals surface area (Å²) in [5, 5.41) is 0. The summed E-state index contributed by atoms with van der Waals surface area (Å²) in [5.41, 5.74) is -1.97. The van der Waals surface area contributed by atoms with E-state index in [4.69, 9.17) is 28.4 Å². The quantitative estimate of drug-likeness (QED) is 0.235. The van der Waals surface area contributed by atoms with Crippen molar-refractivity contribution in [2.75, 3.05) is 111 Å². The standard InChI is InChI=1S/C57H99FN8O12/c1-52(2,3)73-46(67)61-26-22-59(23-27-62(47(68)74-53(4,5)6)31-35-65(34-30-61)50(71)77-56(13,14)15)41-44-38-43(20-19-21-58)39-45(40-44)42-60-24-28-63(48(69)75-54(7,8)9)32-36-66(51(72)78-57(16,17)18)37-33-64(29-25-60)49(70)76-55(10,11)12/h38-40H,19-37,41-42H2,1-18H3. The highest BCUT2D eigenvalue weighted by Crippen LogP contribution is 2.21. The summed E-state index contributed by atoms with van der Waals surface area (Å²) < 4.78 is 49.0. The average Bonchev–Trinajstić information content (AvgIpc) is 3.23. The van der Waals surface area contributed by atoms with Crippen LogP contribution in [0.2, 0.25) is 0 Å². The van der Waals surface area contributed by atoms with Gasteiger partial charge in [-0.25, -0.2) is 28.8 Å². The van der Waals surface area contributed by atoms with Gasteiger partial charge in [-0.3, -0.25) is 14.2 Å². The molecule has 2 saturated heterocycles. The maximum atomic E-state index is 13.9. The molecule has 21 heteroatoms. The average molecular weight is 1110 g/mol. The van der Waals surface area contributed by atoms with Crippen LogP contribution in [0.4, 0.5) is 33.2 Å². The Labute approximate surface area is 466 Å². The molecular formula is C57H99FN8O12. The number of amides is 6. The lowest BCUT2D eigenvalue weighted by molar-refractivity contribution is 0.00436. The number of carbonyl (C=O) groups excluding carboxylic acids is 6. The first-order valence-electron chi connectivity index (χ1n) is 27.8. The predicted octanol–water partition coefficient (Wildman–Crippen LogP) is 9.64. The zero-order valence-corrected chi connectivity index (χ0v) is 50.9. The van der Waals surface area contributed by atoms with Crippen LogP contribution in [0, 0.1) is 0 Å². The van der Waals surface area contributed by atoms with Crippen LogP contribution >= 0.6 is 0 Å². The Morgan fingerprint density at radius 2 is 0.513 bits per heavy atom. The van der Waals surface area contributed by atoms with Gasteiger partial charge in [0.2, 0.25) is 0 Å². The highest BCUT2D eigenvalue weighted by molar-refractivity contribution is 5.72. The normalized spacial score (nSPS) is 17.4. The fourth-order valence-electron chi connectivity index (χ4n) is 8.23. The lowest BCUT2D eigenvalue weighted by Crippen LogP contribution is -2.51. The molecule has 0 aliphatic carbocycles. The molecule has 6 amide bonds. The first kappa shape index (κ1) is 67.0. The first-order valence-corrected chi connectivity index (χ1v) is 27.8. The number of hydrogen-bond donors (Lipinski definition) is 0. The van der Waals surface area contributed by atoms with Crippen molar-refractivity contribution in [2.24, 2.45) is 0 Å². The van der Waals surface area contributed by atoms with Gasteiger partial charge in [-0.15, -0.1) is 0 Å². The summed E-state index contributed by atoms with van der Waals surface area (Å²) in [7, 11) is 0. The molecule has 0 bridgehead atoms. The summed E-state index contributed by atoms with van der Waals surface area (Å²) in [5.74, 6) is 0. The van der Waals surface area contributed by atoms with Gasteiger partial charge in [0.25, 0.3) is 0 Å². The Kier molecular flexibility index (Phi) is 24.7. The van der Waals surface area contributed by atoms with Gasteiger partial charge in [-0.2, -0.15) is 0 Å². The van der Waals surface area contributed by atoms with Crippen molar-refractivity contribution in [3.63, 3.8) is 0 Å². The number of benzene rings is 1. The van der Waals surface area contributed by atoms with Crippen molar-refractivity contribution in [1.82, 2.24) is 39.2 Å². The Morgan fingerprint density at radius 1 is 0.333 bits per heavy atom. The molecule has 0 aromatic heterocycles. The van der Waals surface area contributed by atoms with E-state index in [1.54, 1.807) is 144 Å². The van der Waals surface area contributed by atoms with Crippen LogP contribution in [0.1, 0.15) is 148 Å². The molecule has 1 aromatic rings. The molecule has 3 rings (SSSR count). The van der Waals surface area contributed by atoms with E-state index in [0.717, 1.165) is 16.7 Å². The van der Waals surface area contributed by atoms with Crippen molar-refractivity contribution in [3.05, 3.63) is 34.9 Å². The molecule has 0 atom stereocenters. The predicted molar refractivity (Wildman–Crippen MR) is 298 cm³/mol. The molecule has 2 aliphatic heterocycles. The first-order chi connectivity index (χ1) is 35.8. The topological polar surface area (TPSA) is 184 Å². The number of halogens is 1. The number of aryl methyl sites for hydroxylation is 1. The molecular weight excluding hydrogens is 1010 g/mol. The van der Waals surface area contributed by atoms with Gasteiger partial charge in [-0.1, -0.05) is 18.2 Å². The minimum Gasteiger partial charge on any atom is -0.444 e. The molecule has 1 aromatic carbocycles. The molecule has 2 aliphatic rings. The van der Waals surface area contributed by atoms with Crippen molar-refractivity contribution in [2.45, 2.75) is 184 Å². The van der Waals surface area contributed by atoms with Crippen molar-refractivity contribution >= 4 is 36.6 Å². The van der Waals surface area contributed by atoms with Crippen molar-refractivity contribution in [3.8, 4) is 0 Å². The maximum absolute atomic E-state index is 13.9. The summed E-state index contributed by atoms with van der Waals surface area (Å²) >= 11 is 0. The lowest BCUT2D eigenvalue weighted by Gasteiger charge is -2.36. The monoisotopic (exact) mass is 1110 g/mol. The third-order valence-electron chi connectivity index (χ3n) is 11.7. The highest BCUT2D eigenvalue weighted by atomic mass is 19.1. The zero-order valence-electron chi connectivity index (χ0n) is 50.9. The fraction of sp³-hybridized carbons (Fsp3) is 0.789. The number of alkyl halides is 1. The van der Waals surface area contributed by atoms with Crippen LogP contribution in [-0.4, -0.2) is 221 Å². The molecule has 78 heavy (non-hydrogen) atoms. The molecule has 20 nitrogen and oxygen atoms in total. The van der Waals surface area contributed by atoms with E-state index in [9.17, 15) is 33.2 Å². The molecule has 0 saturated carbocycles. The van der Waals surface area contributed by atoms with Crippen LogP contribution in [0.5, 0.6) is 0 Å². The molecule has 0 N–H and O–H groups in total. The van der Waals surface area contributed by atoms with E-state index in [1.807, 2.05) is 0 Å². The van der Waals surface area contributed by atoms with Gasteiger partial charge in [0, 0.05) is 118 Å². The Balaban J connectivity index is 2.11. The smallest absolute Gasteiger partial charge is 0.410 e. The molecule has 0 unspecified atom stereocenters. The number of rotatable bonds is 7. The molecule has 2 heterocycles. The van der Waals surface area contributed by atoms with E-state index in [-0.39, 0.29) is 78.5 Å². The van der Waals surface area contributed by atoms with Crippen LogP contribution in [0.25, 0.3) is 0 Å². The van der Waals surface area contributed by atoms with Crippen LogP contribution in [0.3, 0.4) is 0 Å². The van der Waals surface area contributed by atoms with Gasteiger partial charge in [-0.05, 0) is 154 Å². The van der Waals surface area contributed by atoms with Gasteiger partial charge < -0.3 is 57.8 Å². The fourth-order valence-corrected chi connectivity index (χ4v) is 8.23. The van der Waals surface area contributed by atoms with Crippen LogP contribution < -0.4 is 0 Å². The number of hydrogen-bond acceptors (Lipinski definition) is 14. The van der Waals surface area contributed by atoms with E-state index in [0.29, 0.717) is 52.1 Å².